The van der Waals surface area contributed by atoms with Gasteiger partial charge in [-0.1, -0.05) is 0 Å². The van der Waals surface area contributed by atoms with E-state index in [0.29, 0.717) is 11.8 Å². The molecule has 0 aromatic rings. The third-order valence-corrected chi connectivity index (χ3v) is 2.33. The van der Waals surface area contributed by atoms with E-state index in [1.54, 1.807) is 6.92 Å². The summed E-state index contributed by atoms with van der Waals surface area (Å²) in [5, 5.41) is 17.8. The second kappa shape index (κ2) is 2.67. The summed E-state index contributed by atoms with van der Waals surface area (Å²) in [5.41, 5.74) is 0. The number of aliphatic hydroxyl groups excluding tert-OH is 2. The van der Waals surface area contributed by atoms with E-state index in [2.05, 4.69) is 0 Å². The molecule has 1 aliphatic carbocycles. The molecule has 0 aromatic heterocycles. The van der Waals surface area contributed by atoms with Gasteiger partial charge in [-0.2, -0.15) is 0 Å². The standard InChI is InChI=1S/C7H14O2/c1-5(9)7-3-2-6(7)4-8/h5-9H,2-4H2,1H3. The molecule has 2 heteroatoms. The average molecular weight is 130 g/mol. The normalized spacial score (nSPS) is 37.7. The predicted octanol–water partition coefficient (Wildman–Crippen LogP) is 0.386. The first-order valence-corrected chi connectivity index (χ1v) is 3.54. The molecule has 0 spiro atoms. The zero-order chi connectivity index (χ0) is 6.85. The van der Waals surface area contributed by atoms with Gasteiger partial charge in [0.25, 0.3) is 0 Å². The van der Waals surface area contributed by atoms with Crippen molar-refractivity contribution in [1.29, 1.82) is 0 Å². The van der Waals surface area contributed by atoms with Crippen LogP contribution in [0.25, 0.3) is 0 Å². The Balaban J connectivity index is 2.27. The maximum Gasteiger partial charge on any atom is 0.0543 e. The maximum atomic E-state index is 9.06. The van der Waals surface area contributed by atoms with Crippen LogP contribution in [0.2, 0.25) is 0 Å². The van der Waals surface area contributed by atoms with Gasteiger partial charge in [0, 0.05) is 6.61 Å². The van der Waals surface area contributed by atoms with E-state index >= 15 is 0 Å². The summed E-state index contributed by atoms with van der Waals surface area (Å²) < 4.78 is 0. The zero-order valence-electron chi connectivity index (χ0n) is 5.75. The molecule has 2 nitrogen and oxygen atoms in total. The first kappa shape index (κ1) is 7.03. The van der Waals surface area contributed by atoms with E-state index in [4.69, 9.17) is 10.2 Å². The Bertz CT molecular complexity index is 88.9. The molecule has 1 aliphatic rings. The van der Waals surface area contributed by atoms with Crippen molar-refractivity contribution in [2.24, 2.45) is 11.8 Å². The Morgan fingerprint density at radius 1 is 1.56 bits per heavy atom. The Kier molecular flexibility index (Phi) is 2.09. The number of hydrogen-bond donors (Lipinski definition) is 2. The number of hydrogen-bond acceptors (Lipinski definition) is 2. The molecule has 0 amide bonds. The lowest BCUT2D eigenvalue weighted by atomic mass is 9.71. The minimum Gasteiger partial charge on any atom is -0.396 e. The van der Waals surface area contributed by atoms with Crippen molar-refractivity contribution in [3.63, 3.8) is 0 Å². The molecule has 1 rings (SSSR count). The van der Waals surface area contributed by atoms with Gasteiger partial charge in [-0.15, -0.1) is 0 Å². The van der Waals surface area contributed by atoms with Crippen LogP contribution in [0.15, 0.2) is 0 Å². The Morgan fingerprint density at radius 3 is 2.33 bits per heavy atom. The van der Waals surface area contributed by atoms with Crippen LogP contribution in [-0.2, 0) is 0 Å². The van der Waals surface area contributed by atoms with Gasteiger partial charge in [-0.3, -0.25) is 0 Å². The molecule has 54 valence electrons. The molecule has 3 unspecified atom stereocenters. The maximum absolute atomic E-state index is 9.06. The fourth-order valence-corrected chi connectivity index (χ4v) is 1.46. The fourth-order valence-electron chi connectivity index (χ4n) is 1.46. The van der Waals surface area contributed by atoms with E-state index in [-0.39, 0.29) is 12.7 Å². The van der Waals surface area contributed by atoms with E-state index in [1.165, 1.54) is 0 Å². The minimum absolute atomic E-state index is 0.226. The van der Waals surface area contributed by atoms with Gasteiger partial charge in [0.05, 0.1) is 6.10 Å². The van der Waals surface area contributed by atoms with E-state index in [1.807, 2.05) is 0 Å². The Hall–Kier alpha value is -0.0800. The Labute approximate surface area is 55.5 Å². The molecule has 9 heavy (non-hydrogen) atoms. The van der Waals surface area contributed by atoms with Gasteiger partial charge in [-0.25, -0.2) is 0 Å². The minimum atomic E-state index is -0.226. The first-order chi connectivity index (χ1) is 4.25. The summed E-state index contributed by atoms with van der Waals surface area (Å²) in [6.45, 7) is 2.04. The second-order valence-corrected chi connectivity index (χ2v) is 2.92. The molecule has 0 aliphatic heterocycles. The molecule has 2 N–H and O–H groups in total. The first-order valence-electron chi connectivity index (χ1n) is 3.54. The van der Waals surface area contributed by atoms with E-state index in [9.17, 15) is 0 Å². The number of aliphatic hydroxyl groups is 2. The van der Waals surface area contributed by atoms with Crippen molar-refractivity contribution in [1.82, 2.24) is 0 Å². The highest BCUT2D eigenvalue weighted by atomic mass is 16.3. The third kappa shape index (κ3) is 1.25. The van der Waals surface area contributed by atoms with Crippen LogP contribution in [0.3, 0.4) is 0 Å². The molecule has 0 aromatic carbocycles. The molecule has 1 fully saturated rings. The average Bonchev–Trinajstić information content (AvgIpc) is 1.61. The molecule has 0 saturated heterocycles. The van der Waals surface area contributed by atoms with Crippen molar-refractivity contribution < 1.29 is 10.2 Å². The van der Waals surface area contributed by atoms with Gasteiger partial charge in [0.2, 0.25) is 0 Å². The second-order valence-electron chi connectivity index (χ2n) is 2.92. The molecular formula is C7H14O2. The van der Waals surface area contributed by atoms with Crippen LogP contribution in [0.4, 0.5) is 0 Å². The Morgan fingerprint density at radius 2 is 2.22 bits per heavy atom. The van der Waals surface area contributed by atoms with Gasteiger partial charge < -0.3 is 10.2 Å². The van der Waals surface area contributed by atoms with Crippen molar-refractivity contribution in [2.45, 2.75) is 25.9 Å². The molecule has 0 radical (unpaired) electrons. The van der Waals surface area contributed by atoms with E-state index < -0.39 is 0 Å². The van der Waals surface area contributed by atoms with Crippen molar-refractivity contribution in [3.8, 4) is 0 Å². The number of rotatable bonds is 2. The lowest BCUT2D eigenvalue weighted by Gasteiger charge is -2.37. The van der Waals surface area contributed by atoms with Crippen molar-refractivity contribution in [2.75, 3.05) is 6.61 Å². The quantitative estimate of drug-likeness (QED) is 0.567. The largest absolute Gasteiger partial charge is 0.396 e. The topological polar surface area (TPSA) is 40.5 Å². The smallest absolute Gasteiger partial charge is 0.0543 e. The molecule has 0 bridgehead atoms. The van der Waals surface area contributed by atoms with Gasteiger partial charge in [0.15, 0.2) is 0 Å². The highest BCUT2D eigenvalue weighted by Gasteiger charge is 2.33. The lowest BCUT2D eigenvalue weighted by molar-refractivity contribution is -0.00249. The van der Waals surface area contributed by atoms with Crippen LogP contribution in [-0.4, -0.2) is 22.9 Å². The van der Waals surface area contributed by atoms with Crippen LogP contribution >= 0.6 is 0 Å². The van der Waals surface area contributed by atoms with Gasteiger partial charge >= 0.3 is 0 Å². The monoisotopic (exact) mass is 130 g/mol. The summed E-state index contributed by atoms with van der Waals surface area (Å²) >= 11 is 0. The summed E-state index contributed by atoms with van der Waals surface area (Å²) in [4.78, 5) is 0. The predicted molar refractivity (Wildman–Crippen MR) is 35.0 cm³/mol. The molecular weight excluding hydrogens is 116 g/mol. The van der Waals surface area contributed by atoms with Crippen molar-refractivity contribution in [3.05, 3.63) is 0 Å². The highest BCUT2D eigenvalue weighted by Crippen LogP contribution is 2.35. The third-order valence-electron chi connectivity index (χ3n) is 2.33. The van der Waals surface area contributed by atoms with Gasteiger partial charge in [0.1, 0.15) is 0 Å². The van der Waals surface area contributed by atoms with E-state index in [0.717, 1.165) is 12.8 Å². The van der Waals surface area contributed by atoms with Crippen molar-refractivity contribution >= 4 is 0 Å². The summed E-state index contributed by atoms with van der Waals surface area (Å²) in [6.07, 6.45) is 1.95. The fraction of sp³-hybridized carbons (Fsp3) is 1.00. The highest BCUT2D eigenvalue weighted by molar-refractivity contribution is 4.83. The van der Waals surface area contributed by atoms with Crippen LogP contribution in [0.5, 0.6) is 0 Å². The molecule has 3 atom stereocenters. The van der Waals surface area contributed by atoms with Crippen LogP contribution in [0, 0.1) is 11.8 Å². The van der Waals surface area contributed by atoms with Gasteiger partial charge in [-0.05, 0) is 31.6 Å². The summed E-state index contributed by atoms with van der Waals surface area (Å²) in [7, 11) is 0. The summed E-state index contributed by atoms with van der Waals surface area (Å²) in [6, 6.07) is 0. The van der Waals surface area contributed by atoms with Crippen LogP contribution < -0.4 is 0 Å². The summed E-state index contributed by atoms with van der Waals surface area (Å²) in [5.74, 6) is 0.750. The SMILES string of the molecule is CC(O)C1CCC1CO. The van der Waals surface area contributed by atoms with Crippen LogP contribution in [0.1, 0.15) is 19.8 Å². The molecule has 1 saturated carbocycles. The zero-order valence-corrected chi connectivity index (χ0v) is 5.75. The molecule has 0 heterocycles. The lowest BCUT2D eigenvalue weighted by Crippen LogP contribution is -2.36.